The van der Waals surface area contributed by atoms with Gasteiger partial charge in [0, 0.05) is 12.8 Å². The normalized spacial score (nSPS) is 30.7. The van der Waals surface area contributed by atoms with Gasteiger partial charge in [-0.25, -0.2) is 0 Å². The van der Waals surface area contributed by atoms with E-state index in [1.165, 1.54) is 18.9 Å². The lowest BCUT2D eigenvalue weighted by Crippen LogP contribution is -2.23. The van der Waals surface area contributed by atoms with Gasteiger partial charge in [0.25, 0.3) is 0 Å². The van der Waals surface area contributed by atoms with Crippen LogP contribution >= 0.6 is 0 Å². The summed E-state index contributed by atoms with van der Waals surface area (Å²) in [5.41, 5.74) is 1.63. The fourth-order valence-corrected chi connectivity index (χ4v) is 3.03. The molecule has 0 aromatic heterocycles. The number of fused-ring (bicyclic) bond motifs is 1. The standard InChI is InChI=1S/C14H20O2/c1-5-6-10-8-14(3,4)12-7-11(12)13(10)16-9(2)15/h5,11-12H,1,6-8H2,2-4H3/t11-,12+/m1/s1. The molecule has 0 aromatic rings. The number of ether oxygens (including phenoxy) is 1. The summed E-state index contributed by atoms with van der Waals surface area (Å²) in [7, 11) is 0. The van der Waals surface area contributed by atoms with Gasteiger partial charge in [-0.2, -0.15) is 0 Å². The molecule has 1 fully saturated rings. The van der Waals surface area contributed by atoms with Gasteiger partial charge in [-0.1, -0.05) is 19.9 Å². The van der Waals surface area contributed by atoms with Crippen molar-refractivity contribution in [2.45, 2.75) is 40.0 Å². The quantitative estimate of drug-likeness (QED) is 0.538. The molecule has 88 valence electrons. The van der Waals surface area contributed by atoms with E-state index < -0.39 is 0 Å². The highest BCUT2D eigenvalue weighted by molar-refractivity contribution is 5.67. The summed E-state index contributed by atoms with van der Waals surface area (Å²) in [6, 6.07) is 0. The molecular weight excluding hydrogens is 200 g/mol. The van der Waals surface area contributed by atoms with Crippen molar-refractivity contribution in [2.75, 3.05) is 0 Å². The first-order valence-electron chi connectivity index (χ1n) is 5.97. The zero-order valence-corrected chi connectivity index (χ0v) is 10.4. The molecule has 0 bridgehead atoms. The van der Waals surface area contributed by atoms with Crippen molar-refractivity contribution in [3.63, 3.8) is 0 Å². The molecule has 0 amide bonds. The fourth-order valence-electron chi connectivity index (χ4n) is 3.03. The van der Waals surface area contributed by atoms with Gasteiger partial charge < -0.3 is 4.74 Å². The van der Waals surface area contributed by atoms with Crippen LogP contribution in [0, 0.1) is 17.3 Å². The lowest BCUT2D eigenvalue weighted by Gasteiger charge is -2.32. The molecule has 2 atom stereocenters. The van der Waals surface area contributed by atoms with Crippen LogP contribution < -0.4 is 0 Å². The number of hydrogen-bond acceptors (Lipinski definition) is 2. The van der Waals surface area contributed by atoms with E-state index in [0.29, 0.717) is 17.3 Å². The minimum Gasteiger partial charge on any atom is -0.431 e. The third-order valence-corrected chi connectivity index (χ3v) is 3.79. The van der Waals surface area contributed by atoms with E-state index >= 15 is 0 Å². The monoisotopic (exact) mass is 220 g/mol. The van der Waals surface area contributed by atoms with Gasteiger partial charge in [0.1, 0.15) is 5.76 Å². The van der Waals surface area contributed by atoms with Crippen LogP contribution in [0.3, 0.4) is 0 Å². The van der Waals surface area contributed by atoms with Crippen molar-refractivity contribution >= 4 is 5.97 Å². The Morgan fingerprint density at radius 1 is 1.62 bits per heavy atom. The molecular formula is C14H20O2. The maximum Gasteiger partial charge on any atom is 0.307 e. The van der Waals surface area contributed by atoms with Gasteiger partial charge in [-0.15, -0.1) is 6.58 Å². The minimum absolute atomic E-state index is 0.193. The second-order valence-electron chi connectivity index (χ2n) is 5.67. The zero-order valence-electron chi connectivity index (χ0n) is 10.4. The van der Waals surface area contributed by atoms with Crippen molar-refractivity contribution in [1.29, 1.82) is 0 Å². The summed E-state index contributed by atoms with van der Waals surface area (Å²) in [5, 5.41) is 0. The number of esters is 1. The lowest BCUT2D eigenvalue weighted by atomic mass is 9.75. The molecule has 0 unspecified atom stereocenters. The number of allylic oxidation sites excluding steroid dienone is 3. The Balaban J connectivity index is 2.27. The molecule has 2 nitrogen and oxygen atoms in total. The van der Waals surface area contributed by atoms with Crippen LogP contribution in [0.4, 0.5) is 0 Å². The van der Waals surface area contributed by atoms with E-state index in [1.54, 1.807) is 0 Å². The summed E-state index contributed by atoms with van der Waals surface area (Å²) in [5.74, 6) is 1.96. The van der Waals surface area contributed by atoms with Gasteiger partial charge >= 0.3 is 5.97 Å². The van der Waals surface area contributed by atoms with Gasteiger partial charge in [-0.05, 0) is 36.2 Å². The first kappa shape index (κ1) is 11.4. The SMILES string of the molecule is C=CCC1=C(OC(C)=O)[C@@H]2C[C@@H]2C(C)(C)C1. The van der Waals surface area contributed by atoms with E-state index in [2.05, 4.69) is 20.4 Å². The van der Waals surface area contributed by atoms with Crippen molar-refractivity contribution in [2.24, 2.45) is 17.3 Å². The molecule has 0 spiro atoms. The van der Waals surface area contributed by atoms with Crippen LogP contribution in [0.5, 0.6) is 0 Å². The molecule has 2 aliphatic carbocycles. The summed E-state index contributed by atoms with van der Waals surface area (Å²) >= 11 is 0. The summed E-state index contributed by atoms with van der Waals surface area (Å²) in [6.07, 6.45) is 4.95. The fraction of sp³-hybridized carbons (Fsp3) is 0.643. The predicted molar refractivity (Wildman–Crippen MR) is 63.6 cm³/mol. The third-order valence-electron chi connectivity index (χ3n) is 3.79. The molecule has 0 radical (unpaired) electrons. The van der Waals surface area contributed by atoms with Crippen LogP contribution in [0.1, 0.15) is 40.0 Å². The number of carbonyl (C=O) groups excluding carboxylic acids is 1. The van der Waals surface area contributed by atoms with Crippen LogP contribution in [0.2, 0.25) is 0 Å². The van der Waals surface area contributed by atoms with E-state index in [4.69, 9.17) is 4.74 Å². The highest BCUT2D eigenvalue weighted by Crippen LogP contribution is 2.61. The Kier molecular flexibility index (Phi) is 2.69. The Morgan fingerprint density at radius 2 is 2.31 bits per heavy atom. The predicted octanol–water partition coefficient (Wildman–Crippen LogP) is 3.45. The molecule has 1 saturated carbocycles. The third kappa shape index (κ3) is 1.93. The number of rotatable bonds is 3. The Labute approximate surface area is 97.4 Å². The summed E-state index contributed by atoms with van der Waals surface area (Å²) in [4.78, 5) is 11.1. The minimum atomic E-state index is -0.193. The molecule has 0 aliphatic heterocycles. The molecule has 0 heterocycles. The molecule has 0 saturated heterocycles. The highest BCUT2D eigenvalue weighted by Gasteiger charge is 2.54. The smallest absolute Gasteiger partial charge is 0.307 e. The Morgan fingerprint density at radius 3 is 2.88 bits per heavy atom. The highest BCUT2D eigenvalue weighted by atomic mass is 16.5. The first-order valence-corrected chi connectivity index (χ1v) is 5.97. The Bertz CT molecular complexity index is 363. The average Bonchev–Trinajstić information content (AvgIpc) is 2.91. The molecule has 16 heavy (non-hydrogen) atoms. The van der Waals surface area contributed by atoms with Crippen molar-refractivity contribution in [3.05, 3.63) is 24.0 Å². The van der Waals surface area contributed by atoms with Crippen molar-refractivity contribution < 1.29 is 9.53 Å². The van der Waals surface area contributed by atoms with E-state index in [0.717, 1.165) is 18.6 Å². The lowest BCUT2D eigenvalue weighted by molar-refractivity contribution is -0.137. The van der Waals surface area contributed by atoms with Crippen molar-refractivity contribution in [1.82, 2.24) is 0 Å². The number of hydrogen-bond donors (Lipinski definition) is 0. The second kappa shape index (κ2) is 3.76. The number of carbonyl (C=O) groups is 1. The molecule has 2 rings (SSSR count). The second-order valence-corrected chi connectivity index (χ2v) is 5.67. The van der Waals surface area contributed by atoms with E-state index in [-0.39, 0.29) is 5.97 Å². The van der Waals surface area contributed by atoms with Crippen LogP contribution in [0.15, 0.2) is 24.0 Å². The average molecular weight is 220 g/mol. The first-order chi connectivity index (χ1) is 7.45. The largest absolute Gasteiger partial charge is 0.431 e. The summed E-state index contributed by atoms with van der Waals surface area (Å²) in [6.45, 7) is 9.88. The van der Waals surface area contributed by atoms with Crippen LogP contribution in [-0.4, -0.2) is 5.97 Å². The zero-order chi connectivity index (χ0) is 11.9. The molecule has 0 N–H and O–H groups in total. The molecule has 2 aliphatic rings. The summed E-state index contributed by atoms with van der Waals surface area (Å²) < 4.78 is 5.40. The molecule has 2 heteroatoms. The maximum atomic E-state index is 11.1. The van der Waals surface area contributed by atoms with E-state index in [1.807, 2.05) is 6.08 Å². The van der Waals surface area contributed by atoms with Gasteiger partial charge in [0.2, 0.25) is 0 Å². The molecule has 0 aromatic carbocycles. The van der Waals surface area contributed by atoms with Crippen LogP contribution in [-0.2, 0) is 9.53 Å². The van der Waals surface area contributed by atoms with Gasteiger partial charge in [-0.3, -0.25) is 4.79 Å². The van der Waals surface area contributed by atoms with Gasteiger partial charge in [0.05, 0.1) is 0 Å². The Hall–Kier alpha value is -1.05. The topological polar surface area (TPSA) is 26.3 Å². The van der Waals surface area contributed by atoms with Crippen LogP contribution in [0.25, 0.3) is 0 Å². The van der Waals surface area contributed by atoms with E-state index in [9.17, 15) is 4.79 Å². The maximum absolute atomic E-state index is 11.1. The van der Waals surface area contributed by atoms with Gasteiger partial charge in [0.15, 0.2) is 0 Å². The van der Waals surface area contributed by atoms with Crippen molar-refractivity contribution in [3.8, 4) is 0 Å².